The zero-order valence-corrected chi connectivity index (χ0v) is 12.9. The SMILES string of the molecule is O=C(S)CCC(=O)OCC1c2ccccc2-c2ccccc21. The van der Waals surface area contributed by atoms with Crippen LogP contribution in [0.15, 0.2) is 48.5 Å². The Morgan fingerprint density at radius 3 is 2.00 bits per heavy atom. The molecule has 0 saturated heterocycles. The van der Waals surface area contributed by atoms with E-state index in [1.807, 2.05) is 24.3 Å². The van der Waals surface area contributed by atoms with Gasteiger partial charge in [-0.05, 0) is 22.3 Å². The van der Waals surface area contributed by atoms with Gasteiger partial charge in [0.1, 0.15) is 6.61 Å². The number of rotatable bonds is 5. The highest BCUT2D eigenvalue weighted by atomic mass is 32.1. The van der Waals surface area contributed by atoms with Gasteiger partial charge in [-0.15, -0.1) is 12.6 Å². The molecule has 3 nitrogen and oxygen atoms in total. The van der Waals surface area contributed by atoms with Gasteiger partial charge in [-0.2, -0.15) is 0 Å². The summed E-state index contributed by atoms with van der Waals surface area (Å²) in [5.74, 6) is -0.299. The molecule has 0 N–H and O–H groups in total. The molecule has 0 aliphatic heterocycles. The van der Waals surface area contributed by atoms with Crippen molar-refractivity contribution in [3.8, 4) is 11.1 Å². The Morgan fingerprint density at radius 2 is 1.45 bits per heavy atom. The van der Waals surface area contributed by atoms with Crippen molar-refractivity contribution in [2.45, 2.75) is 18.8 Å². The average molecular weight is 312 g/mol. The van der Waals surface area contributed by atoms with Crippen molar-refractivity contribution in [3.63, 3.8) is 0 Å². The number of fused-ring (bicyclic) bond motifs is 3. The highest BCUT2D eigenvalue weighted by molar-refractivity contribution is 7.96. The summed E-state index contributed by atoms with van der Waals surface area (Å²) in [5.41, 5.74) is 4.76. The van der Waals surface area contributed by atoms with Gasteiger partial charge in [0.15, 0.2) is 5.12 Å². The van der Waals surface area contributed by atoms with Gasteiger partial charge < -0.3 is 4.74 Å². The first-order valence-electron chi connectivity index (χ1n) is 7.22. The van der Waals surface area contributed by atoms with E-state index < -0.39 is 0 Å². The van der Waals surface area contributed by atoms with Crippen molar-refractivity contribution in [1.29, 1.82) is 0 Å². The third kappa shape index (κ3) is 2.92. The third-order valence-corrected chi connectivity index (χ3v) is 4.14. The smallest absolute Gasteiger partial charge is 0.306 e. The van der Waals surface area contributed by atoms with Crippen LogP contribution >= 0.6 is 12.6 Å². The van der Waals surface area contributed by atoms with Crippen LogP contribution in [0.5, 0.6) is 0 Å². The number of hydrogen-bond acceptors (Lipinski definition) is 3. The van der Waals surface area contributed by atoms with Crippen LogP contribution in [0.4, 0.5) is 0 Å². The number of benzene rings is 2. The predicted octanol–water partition coefficient (Wildman–Crippen LogP) is 3.58. The highest BCUT2D eigenvalue weighted by Crippen LogP contribution is 2.44. The Labute approximate surface area is 134 Å². The second-order valence-electron chi connectivity index (χ2n) is 5.30. The Bertz CT molecular complexity index is 678. The average Bonchev–Trinajstić information content (AvgIpc) is 2.85. The van der Waals surface area contributed by atoms with Crippen LogP contribution in [-0.2, 0) is 14.3 Å². The first-order valence-corrected chi connectivity index (χ1v) is 7.67. The summed E-state index contributed by atoms with van der Waals surface area (Å²) < 4.78 is 5.36. The minimum atomic E-state index is -0.357. The molecule has 0 amide bonds. The lowest BCUT2D eigenvalue weighted by atomic mass is 9.98. The molecule has 1 aliphatic carbocycles. The molecule has 0 aromatic heterocycles. The maximum atomic E-state index is 11.7. The Kier molecular flexibility index (Phi) is 4.29. The van der Waals surface area contributed by atoms with Gasteiger partial charge in [0.2, 0.25) is 0 Å². The van der Waals surface area contributed by atoms with Gasteiger partial charge in [-0.1, -0.05) is 48.5 Å². The Hall–Kier alpha value is -2.07. The van der Waals surface area contributed by atoms with Crippen LogP contribution in [-0.4, -0.2) is 17.7 Å². The molecule has 0 radical (unpaired) electrons. The van der Waals surface area contributed by atoms with E-state index in [1.165, 1.54) is 22.3 Å². The molecule has 0 atom stereocenters. The number of hydrogen-bond donors (Lipinski definition) is 1. The van der Waals surface area contributed by atoms with E-state index >= 15 is 0 Å². The van der Waals surface area contributed by atoms with E-state index in [2.05, 4.69) is 36.9 Å². The fourth-order valence-electron chi connectivity index (χ4n) is 2.90. The van der Waals surface area contributed by atoms with E-state index in [9.17, 15) is 9.59 Å². The summed E-state index contributed by atoms with van der Waals surface area (Å²) in [7, 11) is 0. The summed E-state index contributed by atoms with van der Waals surface area (Å²) in [6.07, 6.45) is 0.193. The maximum Gasteiger partial charge on any atom is 0.306 e. The molecular weight excluding hydrogens is 296 g/mol. The third-order valence-electron chi connectivity index (χ3n) is 3.92. The molecule has 2 aromatic carbocycles. The maximum absolute atomic E-state index is 11.7. The normalized spacial score (nSPS) is 12.6. The van der Waals surface area contributed by atoms with Gasteiger partial charge in [-0.25, -0.2) is 0 Å². The largest absolute Gasteiger partial charge is 0.465 e. The fourth-order valence-corrected chi connectivity index (χ4v) is 3.01. The van der Waals surface area contributed by atoms with E-state index in [1.54, 1.807) is 0 Å². The van der Waals surface area contributed by atoms with Crippen LogP contribution in [0, 0.1) is 0 Å². The molecule has 0 saturated carbocycles. The minimum absolute atomic E-state index is 0.0584. The van der Waals surface area contributed by atoms with Crippen LogP contribution in [0.1, 0.15) is 29.9 Å². The highest BCUT2D eigenvalue weighted by Gasteiger charge is 2.28. The van der Waals surface area contributed by atoms with Crippen molar-refractivity contribution in [2.75, 3.05) is 6.61 Å². The molecule has 0 heterocycles. The second kappa shape index (κ2) is 6.36. The number of carbonyl (C=O) groups excluding carboxylic acids is 2. The topological polar surface area (TPSA) is 43.4 Å². The molecule has 112 valence electrons. The van der Waals surface area contributed by atoms with Gasteiger partial charge in [0.25, 0.3) is 0 Å². The summed E-state index contributed by atoms with van der Waals surface area (Å²) in [5, 5.41) is -0.298. The van der Waals surface area contributed by atoms with Crippen molar-refractivity contribution in [2.24, 2.45) is 0 Å². The summed E-state index contributed by atoms with van der Waals surface area (Å²) >= 11 is 3.66. The van der Waals surface area contributed by atoms with Gasteiger partial charge in [-0.3, -0.25) is 9.59 Å². The Balaban J connectivity index is 1.77. The number of carbonyl (C=O) groups is 2. The van der Waals surface area contributed by atoms with Crippen LogP contribution < -0.4 is 0 Å². The summed E-state index contributed by atoms with van der Waals surface area (Å²) in [4.78, 5) is 22.5. The molecule has 1 aliphatic rings. The van der Waals surface area contributed by atoms with E-state index in [-0.39, 0.29) is 29.8 Å². The zero-order chi connectivity index (χ0) is 15.5. The number of ether oxygens (including phenoxy) is 1. The first-order chi connectivity index (χ1) is 10.7. The van der Waals surface area contributed by atoms with E-state index in [4.69, 9.17) is 4.74 Å². The molecule has 0 spiro atoms. The van der Waals surface area contributed by atoms with Crippen LogP contribution in [0.2, 0.25) is 0 Å². The molecule has 2 aromatic rings. The molecule has 3 rings (SSSR count). The quantitative estimate of drug-likeness (QED) is 0.678. The second-order valence-corrected chi connectivity index (χ2v) is 5.80. The lowest BCUT2D eigenvalue weighted by molar-refractivity contribution is -0.144. The van der Waals surface area contributed by atoms with Crippen molar-refractivity contribution < 1.29 is 14.3 Å². The van der Waals surface area contributed by atoms with Crippen molar-refractivity contribution >= 4 is 23.7 Å². The number of esters is 1. The van der Waals surface area contributed by atoms with Gasteiger partial charge in [0, 0.05) is 12.3 Å². The molecule has 4 heteroatoms. The van der Waals surface area contributed by atoms with Crippen molar-refractivity contribution in [3.05, 3.63) is 59.7 Å². The number of thiol groups is 1. The summed E-state index contributed by atoms with van der Waals surface area (Å²) in [6, 6.07) is 16.4. The lowest BCUT2D eigenvalue weighted by Gasteiger charge is -2.14. The predicted molar refractivity (Wildman–Crippen MR) is 87.9 cm³/mol. The first kappa shape index (κ1) is 14.9. The monoisotopic (exact) mass is 312 g/mol. The van der Waals surface area contributed by atoms with Crippen molar-refractivity contribution in [1.82, 2.24) is 0 Å². The van der Waals surface area contributed by atoms with Crippen LogP contribution in [0.3, 0.4) is 0 Å². The van der Waals surface area contributed by atoms with E-state index in [0.717, 1.165) is 0 Å². The molecule has 0 unspecified atom stereocenters. The minimum Gasteiger partial charge on any atom is -0.465 e. The van der Waals surface area contributed by atoms with Gasteiger partial charge >= 0.3 is 5.97 Å². The fraction of sp³-hybridized carbons (Fsp3) is 0.222. The van der Waals surface area contributed by atoms with Crippen LogP contribution in [0.25, 0.3) is 11.1 Å². The van der Waals surface area contributed by atoms with E-state index in [0.29, 0.717) is 6.61 Å². The van der Waals surface area contributed by atoms with Gasteiger partial charge in [0.05, 0.1) is 6.42 Å². The zero-order valence-electron chi connectivity index (χ0n) is 12.0. The molecule has 22 heavy (non-hydrogen) atoms. The standard InChI is InChI=1S/C18H16O3S/c19-17(9-10-18(20)22)21-11-16-14-7-3-1-5-12(14)13-6-2-4-8-15(13)16/h1-8,16H,9-11H2,(H,20,22). The lowest BCUT2D eigenvalue weighted by Crippen LogP contribution is -2.12. The Morgan fingerprint density at radius 1 is 0.909 bits per heavy atom. The summed E-state index contributed by atoms with van der Waals surface area (Å²) in [6.45, 7) is 0.299. The molecular formula is C18H16O3S. The molecule has 0 fully saturated rings. The molecule has 0 bridgehead atoms.